The van der Waals surface area contributed by atoms with Gasteiger partial charge in [0.25, 0.3) is 5.91 Å². The monoisotopic (exact) mass is 334 g/mol. The zero-order valence-corrected chi connectivity index (χ0v) is 14.6. The fraction of sp³-hybridized carbons (Fsp3) is 0.238. The molecule has 1 aliphatic rings. The number of hydrogen-bond donors (Lipinski definition) is 1. The summed E-state index contributed by atoms with van der Waals surface area (Å²) in [4.78, 5) is 16.5. The van der Waals surface area contributed by atoms with Crippen molar-refractivity contribution in [3.05, 3.63) is 70.9 Å². The molecule has 25 heavy (non-hydrogen) atoms. The lowest BCUT2D eigenvalue weighted by molar-refractivity contribution is -0.115. The molecule has 2 aromatic rings. The van der Waals surface area contributed by atoms with Gasteiger partial charge in [0.05, 0.1) is 6.61 Å². The van der Waals surface area contributed by atoms with E-state index in [9.17, 15) is 4.79 Å². The molecule has 0 radical (unpaired) electrons. The van der Waals surface area contributed by atoms with Crippen LogP contribution in [0.2, 0.25) is 0 Å². The summed E-state index contributed by atoms with van der Waals surface area (Å²) in [5.41, 5.74) is 3.86. The first-order chi connectivity index (χ1) is 12.1. The maximum absolute atomic E-state index is 12.1. The Bertz CT molecular complexity index is 803. The SMILES string of the molecule is CCOc1ccc(/C=C2/N=C(CCc3ccc(C)cc3)NC2=O)cc1. The topological polar surface area (TPSA) is 50.7 Å². The van der Waals surface area contributed by atoms with Crippen molar-refractivity contribution >= 4 is 17.8 Å². The van der Waals surface area contributed by atoms with Gasteiger partial charge in [-0.25, -0.2) is 4.99 Å². The van der Waals surface area contributed by atoms with Crippen LogP contribution in [0.3, 0.4) is 0 Å². The summed E-state index contributed by atoms with van der Waals surface area (Å²) in [6.45, 7) is 4.66. The highest BCUT2D eigenvalue weighted by molar-refractivity contribution is 6.14. The number of nitrogens with zero attached hydrogens (tertiary/aromatic N) is 1. The van der Waals surface area contributed by atoms with Crippen molar-refractivity contribution in [1.82, 2.24) is 5.32 Å². The van der Waals surface area contributed by atoms with Crippen LogP contribution in [-0.4, -0.2) is 18.3 Å². The maximum atomic E-state index is 12.1. The van der Waals surface area contributed by atoms with Crippen molar-refractivity contribution < 1.29 is 9.53 Å². The Morgan fingerprint density at radius 1 is 1.04 bits per heavy atom. The Hall–Kier alpha value is -2.88. The van der Waals surface area contributed by atoms with Gasteiger partial charge in [-0.3, -0.25) is 4.79 Å². The van der Waals surface area contributed by atoms with Crippen LogP contribution in [-0.2, 0) is 11.2 Å². The van der Waals surface area contributed by atoms with E-state index in [2.05, 4.69) is 41.5 Å². The molecule has 1 N–H and O–H groups in total. The zero-order valence-electron chi connectivity index (χ0n) is 14.6. The first-order valence-electron chi connectivity index (χ1n) is 8.53. The second kappa shape index (κ2) is 7.79. The van der Waals surface area contributed by atoms with Crippen LogP contribution in [0, 0.1) is 6.92 Å². The van der Waals surface area contributed by atoms with E-state index in [4.69, 9.17) is 4.74 Å². The molecule has 0 spiro atoms. The number of aryl methyl sites for hydroxylation is 2. The van der Waals surface area contributed by atoms with Gasteiger partial charge in [-0.1, -0.05) is 42.0 Å². The molecule has 0 saturated carbocycles. The molecular formula is C21H22N2O2. The molecule has 1 aliphatic heterocycles. The Labute approximate surface area is 148 Å². The fourth-order valence-electron chi connectivity index (χ4n) is 2.64. The highest BCUT2D eigenvalue weighted by atomic mass is 16.5. The molecule has 0 saturated heterocycles. The largest absolute Gasteiger partial charge is 0.494 e. The minimum Gasteiger partial charge on any atom is -0.494 e. The molecule has 2 aromatic carbocycles. The minimum absolute atomic E-state index is 0.146. The van der Waals surface area contributed by atoms with E-state index in [1.165, 1.54) is 11.1 Å². The summed E-state index contributed by atoms with van der Waals surface area (Å²) in [5.74, 6) is 1.40. The van der Waals surface area contributed by atoms with Crippen LogP contribution in [0.25, 0.3) is 6.08 Å². The molecule has 4 heteroatoms. The molecule has 0 fully saturated rings. The molecule has 3 rings (SSSR count). The van der Waals surface area contributed by atoms with Gasteiger partial charge in [0.1, 0.15) is 17.3 Å². The second-order valence-corrected chi connectivity index (χ2v) is 6.03. The van der Waals surface area contributed by atoms with Gasteiger partial charge < -0.3 is 10.1 Å². The van der Waals surface area contributed by atoms with Gasteiger partial charge in [0.15, 0.2) is 0 Å². The van der Waals surface area contributed by atoms with Crippen LogP contribution in [0.5, 0.6) is 5.75 Å². The van der Waals surface area contributed by atoms with E-state index < -0.39 is 0 Å². The summed E-state index contributed by atoms with van der Waals surface area (Å²) >= 11 is 0. The quantitative estimate of drug-likeness (QED) is 0.815. The third-order valence-electron chi connectivity index (χ3n) is 4.01. The number of carbonyl (C=O) groups is 1. The van der Waals surface area contributed by atoms with E-state index in [-0.39, 0.29) is 5.91 Å². The summed E-state index contributed by atoms with van der Waals surface area (Å²) in [6.07, 6.45) is 3.37. The number of amidine groups is 1. The summed E-state index contributed by atoms with van der Waals surface area (Å²) in [7, 11) is 0. The summed E-state index contributed by atoms with van der Waals surface area (Å²) in [6, 6.07) is 16.1. The van der Waals surface area contributed by atoms with Crippen molar-refractivity contribution in [3.8, 4) is 5.75 Å². The minimum atomic E-state index is -0.146. The first kappa shape index (κ1) is 17.0. The lowest BCUT2D eigenvalue weighted by atomic mass is 10.1. The molecule has 128 valence electrons. The predicted molar refractivity (Wildman–Crippen MR) is 101 cm³/mol. The first-order valence-corrected chi connectivity index (χ1v) is 8.53. The predicted octanol–water partition coefficient (Wildman–Crippen LogP) is 3.90. The lowest BCUT2D eigenvalue weighted by Gasteiger charge is -2.02. The van der Waals surface area contributed by atoms with Gasteiger partial charge in [-0.2, -0.15) is 0 Å². The van der Waals surface area contributed by atoms with Gasteiger partial charge in [-0.15, -0.1) is 0 Å². The second-order valence-electron chi connectivity index (χ2n) is 6.03. The number of benzene rings is 2. The molecule has 1 amide bonds. The Morgan fingerprint density at radius 3 is 2.44 bits per heavy atom. The van der Waals surface area contributed by atoms with Crippen molar-refractivity contribution in [3.63, 3.8) is 0 Å². The lowest BCUT2D eigenvalue weighted by Crippen LogP contribution is -2.24. The molecule has 4 nitrogen and oxygen atoms in total. The standard InChI is InChI=1S/C21H22N2O2/c1-3-25-18-11-8-17(9-12-18)14-19-21(24)23-20(22-19)13-10-16-6-4-15(2)5-7-16/h4-9,11-12,14H,3,10,13H2,1-2H3,(H,22,23,24)/b19-14+. The van der Waals surface area contributed by atoms with Crippen molar-refractivity contribution in [2.24, 2.45) is 4.99 Å². The van der Waals surface area contributed by atoms with Crippen LogP contribution in [0.1, 0.15) is 30.0 Å². The smallest absolute Gasteiger partial charge is 0.275 e. The molecule has 0 aromatic heterocycles. The fourth-order valence-corrected chi connectivity index (χ4v) is 2.64. The number of ether oxygens (including phenoxy) is 1. The third-order valence-corrected chi connectivity index (χ3v) is 4.01. The van der Waals surface area contributed by atoms with E-state index >= 15 is 0 Å². The van der Waals surface area contributed by atoms with Crippen LogP contribution in [0.4, 0.5) is 0 Å². The van der Waals surface area contributed by atoms with E-state index in [0.717, 1.165) is 30.0 Å². The number of aliphatic imine (C=N–C) groups is 1. The van der Waals surface area contributed by atoms with Crippen LogP contribution >= 0.6 is 0 Å². The van der Waals surface area contributed by atoms with Crippen molar-refractivity contribution in [2.45, 2.75) is 26.7 Å². The van der Waals surface area contributed by atoms with Crippen LogP contribution in [0.15, 0.2) is 59.2 Å². The number of nitrogens with one attached hydrogen (secondary N) is 1. The molecule has 0 unspecified atom stereocenters. The number of carbonyl (C=O) groups excluding carboxylic acids is 1. The molecule has 0 atom stereocenters. The van der Waals surface area contributed by atoms with Gasteiger partial charge in [0, 0.05) is 6.42 Å². The Balaban J connectivity index is 1.65. The van der Waals surface area contributed by atoms with E-state index in [0.29, 0.717) is 12.3 Å². The van der Waals surface area contributed by atoms with E-state index in [1.807, 2.05) is 31.2 Å². The average Bonchev–Trinajstić information content (AvgIpc) is 2.96. The Morgan fingerprint density at radius 2 is 1.76 bits per heavy atom. The molecule has 1 heterocycles. The van der Waals surface area contributed by atoms with Gasteiger partial charge >= 0.3 is 0 Å². The summed E-state index contributed by atoms with van der Waals surface area (Å²) < 4.78 is 5.42. The van der Waals surface area contributed by atoms with Gasteiger partial charge in [0.2, 0.25) is 0 Å². The molecular weight excluding hydrogens is 312 g/mol. The highest BCUT2D eigenvalue weighted by Gasteiger charge is 2.19. The zero-order chi connectivity index (χ0) is 17.6. The molecule has 0 aliphatic carbocycles. The maximum Gasteiger partial charge on any atom is 0.275 e. The summed E-state index contributed by atoms with van der Waals surface area (Å²) in [5, 5.41) is 2.86. The van der Waals surface area contributed by atoms with Crippen molar-refractivity contribution in [1.29, 1.82) is 0 Å². The number of hydrogen-bond acceptors (Lipinski definition) is 3. The molecule has 0 bridgehead atoms. The van der Waals surface area contributed by atoms with Crippen LogP contribution < -0.4 is 10.1 Å². The Kier molecular flexibility index (Phi) is 5.29. The van der Waals surface area contributed by atoms with Gasteiger partial charge in [-0.05, 0) is 49.6 Å². The number of amides is 1. The van der Waals surface area contributed by atoms with E-state index in [1.54, 1.807) is 6.08 Å². The van der Waals surface area contributed by atoms with Crippen molar-refractivity contribution in [2.75, 3.05) is 6.61 Å². The highest BCUT2D eigenvalue weighted by Crippen LogP contribution is 2.17. The normalized spacial score (nSPS) is 15.2. The third kappa shape index (κ3) is 4.57. The average molecular weight is 334 g/mol. The number of rotatable bonds is 6.